The highest BCUT2D eigenvalue weighted by molar-refractivity contribution is 5.53. The van der Waals surface area contributed by atoms with Crippen LogP contribution in [0.4, 0.5) is 11.5 Å². The zero-order valence-corrected chi connectivity index (χ0v) is 10.2. The molecule has 17 heavy (non-hydrogen) atoms. The molecule has 2 aromatic heterocycles. The number of nitrogen functional groups attached to an aromatic ring is 1. The van der Waals surface area contributed by atoms with Gasteiger partial charge in [-0.05, 0) is 19.4 Å². The van der Waals surface area contributed by atoms with Crippen LogP contribution in [0.15, 0.2) is 18.6 Å². The third-order valence-electron chi connectivity index (χ3n) is 2.64. The van der Waals surface area contributed by atoms with Crippen LogP contribution in [0, 0.1) is 6.92 Å². The molecule has 2 rings (SSSR count). The SMILES string of the molecule is Cc1cnc(NC(C)c2nncn2C)cc1N. The molecule has 0 saturated heterocycles. The van der Waals surface area contributed by atoms with E-state index in [0.29, 0.717) is 0 Å². The largest absolute Gasteiger partial charge is 0.398 e. The van der Waals surface area contributed by atoms with Gasteiger partial charge in [0.2, 0.25) is 0 Å². The molecule has 0 aliphatic heterocycles. The molecule has 1 atom stereocenters. The fraction of sp³-hybridized carbons (Fsp3) is 0.364. The first-order valence-corrected chi connectivity index (χ1v) is 5.40. The molecular weight excluding hydrogens is 216 g/mol. The molecule has 0 aliphatic rings. The summed E-state index contributed by atoms with van der Waals surface area (Å²) in [5.41, 5.74) is 7.54. The first kappa shape index (κ1) is 11.4. The van der Waals surface area contributed by atoms with E-state index >= 15 is 0 Å². The molecule has 0 spiro atoms. The highest BCUT2D eigenvalue weighted by Gasteiger charge is 2.11. The van der Waals surface area contributed by atoms with Crippen molar-refractivity contribution in [2.75, 3.05) is 11.1 Å². The topological polar surface area (TPSA) is 81.7 Å². The van der Waals surface area contributed by atoms with Crippen LogP contribution in [0.5, 0.6) is 0 Å². The Hall–Kier alpha value is -2.11. The van der Waals surface area contributed by atoms with E-state index in [4.69, 9.17) is 5.73 Å². The van der Waals surface area contributed by atoms with Gasteiger partial charge in [-0.1, -0.05) is 0 Å². The fourth-order valence-corrected chi connectivity index (χ4v) is 1.59. The van der Waals surface area contributed by atoms with Crippen LogP contribution < -0.4 is 11.1 Å². The van der Waals surface area contributed by atoms with Gasteiger partial charge in [0.05, 0.1) is 6.04 Å². The van der Waals surface area contributed by atoms with Crippen LogP contribution >= 0.6 is 0 Å². The van der Waals surface area contributed by atoms with Crippen molar-refractivity contribution in [1.29, 1.82) is 0 Å². The Morgan fingerprint density at radius 3 is 2.82 bits per heavy atom. The number of nitrogens with two attached hydrogens (primary N) is 1. The van der Waals surface area contributed by atoms with E-state index in [1.54, 1.807) is 12.5 Å². The number of hydrogen-bond acceptors (Lipinski definition) is 5. The number of rotatable bonds is 3. The maximum Gasteiger partial charge on any atom is 0.154 e. The van der Waals surface area contributed by atoms with Crippen molar-refractivity contribution in [3.05, 3.63) is 30.0 Å². The fourth-order valence-electron chi connectivity index (χ4n) is 1.59. The van der Waals surface area contributed by atoms with Gasteiger partial charge in [0.15, 0.2) is 5.82 Å². The summed E-state index contributed by atoms with van der Waals surface area (Å²) in [6.45, 7) is 3.93. The second-order valence-electron chi connectivity index (χ2n) is 4.09. The summed E-state index contributed by atoms with van der Waals surface area (Å²) in [6, 6.07) is 1.85. The molecule has 6 nitrogen and oxygen atoms in total. The summed E-state index contributed by atoms with van der Waals surface area (Å²) in [5, 5.41) is 11.1. The van der Waals surface area contributed by atoms with E-state index in [2.05, 4.69) is 20.5 Å². The normalized spacial score (nSPS) is 12.4. The highest BCUT2D eigenvalue weighted by atomic mass is 15.3. The van der Waals surface area contributed by atoms with Crippen LogP contribution in [0.2, 0.25) is 0 Å². The maximum absolute atomic E-state index is 5.83. The summed E-state index contributed by atoms with van der Waals surface area (Å²) in [6.07, 6.45) is 3.42. The van der Waals surface area contributed by atoms with E-state index in [0.717, 1.165) is 22.9 Å². The number of nitrogens with zero attached hydrogens (tertiary/aromatic N) is 4. The lowest BCUT2D eigenvalue weighted by atomic mass is 10.2. The Balaban J connectivity index is 2.16. The van der Waals surface area contributed by atoms with Crippen molar-refractivity contribution < 1.29 is 0 Å². The Morgan fingerprint density at radius 2 is 2.24 bits per heavy atom. The number of aromatic nitrogens is 4. The molecule has 3 N–H and O–H groups in total. The summed E-state index contributed by atoms with van der Waals surface area (Å²) in [4.78, 5) is 4.27. The van der Waals surface area contributed by atoms with Gasteiger partial charge in [-0.2, -0.15) is 0 Å². The van der Waals surface area contributed by atoms with Crippen molar-refractivity contribution in [3.63, 3.8) is 0 Å². The molecule has 0 fully saturated rings. The maximum atomic E-state index is 5.83. The smallest absolute Gasteiger partial charge is 0.154 e. The molecule has 0 saturated carbocycles. The van der Waals surface area contributed by atoms with Crippen molar-refractivity contribution in [1.82, 2.24) is 19.7 Å². The van der Waals surface area contributed by atoms with Crippen molar-refractivity contribution in [2.45, 2.75) is 19.9 Å². The van der Waals surface area contributed by atoms with E-state index in [9.17, 15) is 0 Å². The first-order valence-electron chi connectivity index (χ1n) is 5.40. The molecule has 6 heteroatoms. The summed E-state index contributed by atoms with van der Waals surface area (Å²) >= 11 is 0. The molecule has 2 heterocycles. The van der Waals surface area contributed by atoms with E-state index in [1.165, 1.54) is 0 Å². The number of anilines is 2. The van der Waals surface area contributed by atoms with Gasteiger partial charge in [0, 0.05) is 25.0 Å². The van der Waals surface area contributed by atoms with Gasteiger partial charge in [0.1, 0.15) is 12.1 Å². The second kappa shape index (κ2) is 4.40. The molecule has 2 aromatic rings. The molecule has 1 unspecified atom stereocenters. The summed E-state index contributed by atoms with van der Waals surface area (Å²) in [5.74, 6) is 1.59. The standard InChI is InChI=1S/C11H16N6/c1-7-5-13-10(4-9(7)12)15-8(2)11-16-14-6-17(11)3/h4-6,8H,1-3H3,(H3,12,13,15). The Labute approximate surface area is 99.9 Å². The zero-order chi connectivity index (χ0) is 12.4. The minimum absolute atomic E-state index is 0.0251. The van der Waals surface area contributed by atoms with Gasteiger partial charge in [-0.25, -0.2) is 4.98 Å². The molecule has 0 aliphatic carbocycles. The van der Waals surface area contributed by atoms with E-state index in [1.807, 2.05) is 31.5 Å². The van der Waals surface area contributed by atoms with Gasteiger partial charge in [0.25, 0.3) is 0 Å². The lowest BCUT2D eigenvalue weighted by Gasteiger charge is -2.14. The van der Waals surface area contributed by atoms with Crippen molar-refractivity contribution >= 4 is 11.5 Å². The average Bonchev–Trinajstić information content (AvgIpc) is 2.70. The van der Waals surface area contributed by atoms with Crippen LogP contribution in [0.25, 0.3) is 0 Å². The molecular formula is C11H16N6. The van der Waals surface area contributed by atoms with Crippen LogP contribution in [0.3, 0.4) is 0 Å². The number of nitrogens with one attached hydrogen (secondary N) is 1. The predicted octanol–water partition coefficient (Wildman–Crippen LogP) is 1.27. The molecule has 0 amide bonds. The monoisotopic (exact) mass is 232 g/mol. The predicted molar refractivity (Wildman–Crippen MR) is 66.4 cm³/mol. The van der Waals surface area contributed by atoms with Crippen LogP contribution in [0.1, 0.15) is 24.4 Å². The van der Waals surface area contributed by atoms with Crippen LogP contribution in [-0.2, 0) is 7.05 Å². The number of hydrogen-bond donors (Lipinski definition) is 2. The third-order valence-corrected chi connectivity index (χ3v) is 2.64. The molecule has 0 bridgehead atoms. The Bertz CT molecular complexity index is 518. The number of pyridine rings is 1. The highest BCUT2D eigenvalue weighted by Crippen LogP contribution is 2.18. The van der Waals surface area contributed by atoms with E-state index in [-0.39, 0.29) is 6.04 Å². The summed E-state index contributed by atoms with van der Waals surface area (Å²) < 4.78 is 1.87. The zero-order valence-electron chi connectivity index (χ0n) is 10.2. The first-order chi connectivity index (χ1) is 8.08. The lowest BCUT2D eigenvalue weighted by molar-refractivity contribution is 0.716. The van der Waals surface area contributed by atoms with Gasteiger partial charge in [-0.15, -0.1) is 10.2 Å². The van der Waals surface area contributed by atoms with Gasteiger partial charge in [-0.3, -0.25) is 0 Å². The number of aryl methyl sites for hydroxylation is 2. The second-order valence-corrected chi connectivity index (χ2v) is 4.09. The van der Waals surface area contributed by atoms with Crippen molar-refractivity contribution in [3.8, 4) is 0 Å². The van der Waals surface area contributed by atoms with E-state index < -0.39 is 0 Å². The average molecular weight is 232 g/mol. The van der Waals surface area contributed by atoms with Crippen LogP contribution in [-0.4, -0.2) is 19.7 Å². The Morgan fingerprint density at radius 1 is 1.47 bits per heavy atom. The Kier molecular flexibility index (Phi) is 2.95. The molecule has 0 radical (unpaired) electrons. The molecule has 0 aromatic carbocycles. The summed E-state index contributed by atoms with van der Waals surface area (Å²) in [7, 11) is 1.91. The van der Waals surface area contributed by atoms with Gasteiger partial charge < -0.3 is 15.6 Å². The van der Waals surface area contributed by atoms with Gasteiger partial charge >= 0.3 is 0 Å². The third kappa shape index (κ3) is 2.35. The quantitative estimate of drug-likeness (QED) is 0.833. The van der Waals surface area contributed by atoms with Crippen molar-refractivity contribution in [2.24, 2.45) is 7.05 Å². The minimum Gasteiger partial charge on any atom is -0.398 e. The molecule has 90 valence electrons. The minimum atomic E-state index is 0.0251. The lowest BCUT2D eigenvalue weighted by Crippen LogP contribution is -2.13.